The van der Waals surface area contributed by atoms with Gasteiger partial charge in [-0.1, -0.05) is 17.7 Å². The van der Waals surface area contributed by atoms with Gasteiger partial charge in [-0.15, -0.1) is 0 Å². The number of carbonyl (C=O) groups is 1. The minimum absolute atomic E-state index is 0.297. The second-order valence-electron chi connectivity index (χ2n) is 5.82. The molecule has 0 aliphatic carbocycles. The second kappa shape index (κ2) is 7.13. The van der Waals surface area contributed by atoms with Crippen LogP contribution in [-0.2, 0) is 11.3 Å². The first-order chi connectivity index (χ1) is 13.1. The monoisotopic (exact) mass is 381 g/mol. The lowest BCUT2D eigenvalue weighted by molar-refractivity contribution is -0.114. The minimum Gasteiger partial charge on any atom is -0.352 e. The fourth-order valence-electron chi connectivity index (χ4n) is 2.60. The van der Waals surface area contributed by atoms with Crippen LogP contribution in [0.4, 0.5) is 4.39 Å². The van der Waals surface area contributed by atoms with Crippen molar-refractivity contribution in [2.75, 3.05) is 0 Å². The number of halogens is 2. The van der Waals surface area contributed by atoms with Gasteiger partial charge in [0, 0.05) is 17.8 Å². The maximum atomic E-state index is 13.1. The highest BCUT2D eigenvalue weighted by molar-refractivity contribution is 6.31. The molecule has 0 radical (unpaired) electrons. The van der Waals surface area contributed by atoms with E-state index >= 15 is 0 Å². The van der Waals surface area contributed by atoms with Crippen molar-refractivity contribution in [3.8, 4) is 0 Å². The molecule has 0 fully saturated rings. The van der Waals surface area contributed by atoms with Gasteiger partial charge in [-0.3, -0.25) is 9.78 Å². The molecule has 27 heavy (non-hydrogen) atoms. The molecule has 1 aliphatic heterocycles. The van der Waals surface area contributed by atoms with Crippen LogP contribution < -0.4 is 10.6 Å². The summed E-state index contributed by atoms with van der Waals surface area (Å²) in [6.07, 6.45) is 3.32. The Morgan fingerprint density at radius 3 is 2.93 bits per heavy atom. The van der Waals surface area contributed by atoms with E-state index in [9.17, 15) is 9.18 Å². The predicted octanol–water partition coefficient (Wildman–Crippen LogP) is 3.04. The SMILES string of the molecule is O=C1N=C(NCc2ccc(F)cc2Cl)NC1=Cc1ccc2ncccc2n1. The predicted molar refractivity (Wildman–Crippen MR) is 101 cm³/mol. The van der Waals surface area contributed by atoms with Crippen molar-refractivity contribution in [1.29, 1.82) is 0 Å². The first-order valence-electron chi connectivity index (χ1n) is 8.10. The summed E-state index contributed by atoms with van der Waals surface area (Å²) >= 11 is 6.00. The number of benzene rings is 1. The summed E-state index contributed by atoms with van der Waals surface area (Å²) in [4.78, 5) is 24.7. The molecule has 1 aromatic carbocycles. The molecule has 1 amide bonds. The molecule has 0 saturated carbocycles. The number of hydrogen-bond acceptors (Lipinski definition) is 5. The third kappa shape index (κ3) is 3.78. The molecule has 3 heterocycles. The van der Waals surface area contributed by atoms with Gasteiger partial charge in [0.05, 0.1) is 16.7 Å². The Balaban J connectivity index is 1.47. The number of rotatable bonds is 3. The highest BCUT2D eigenvalue weighted by Gasteiger charge is 2.20. The van der Waals surface area contributed by atoms with Gasteiger partial charge in [-0.25, -0.2) is 9.37 Å². The molecule has 0 unspecified atom stereocenters. The number of guanidine groups is 1. The molecule has 1 aliphatic rings. The fourth-order valence-corrected chi connectivity index (χ4v) is 2.83. The van der Waals surface area contributed by atoms with E-state index in [1.807, 2.05) is 12.1 Å². The Hall–Kier alpha value is -3.32. The zero-order valence-corrected chi connectivity index (χ0v) is 14.7. The van der Waals surface area contributed by atoms with Gasteiger partial charge >= 0.3 is 0 Å². The number of carbonyl (C=O) groups excluding carboxylic acids is 1. The molecule has 6 nitrogen and oxygen atoms in total. The van der Waals surface area contributed by atoms with E-state index < -0.39 is 11.7 Å². The van der Waals surface area contributed by atoms with Gasteiger partial charge in [0.15, 0.2) is 0 Å². The van der Waals surface area contributed by atoms with Gasteiger partial charge in [-0.2, -0.15) is 4.99 Å². The molecular formula is C19H13ClFN5O. The molecule has 0 bridgehead atoms. The van der Waals surface area contributed by atoms with E-state index in [0.29, 0.717) is 34.5 Å². The average Bonchev–Trinajstić information content (AvgIpc) is 3.00. The van der Waals surface area contributed by atoms with Crippen molar-refractivity contribution in [3.63, 3.8) is 0 Å². The summed E-state index contributed by atoms with van der Waals surface area (Å²) in [6.45, 7) is 0.297. The molecule has 8 heteroatoms. The number of pyridine rings is 2. The zero-order chi connectivity index (χ0) is 18.8. The highest BCUT2D eigenvalue weighted by Crippen LogP contribution is 2.17. The summed E-state index contributed by atoms with van der Waals surface area (Å²) in [5.74, 6) is -0.511. The first-order valence-corrected chi connectivity index (χ1v) is 8.47. The summed E-state index contributed by atoms with van der Waals surface area (Å²) in [5, 5.41) is 6.19. The molecule has 0 atom stereocenters. The van der Waals surface area contributed by atoms with Crippen molar-refractivity contribution < 1.29 is 9.18 Å². The summed E-state index contributed by atoms with van der Waals surface area (Å²) in [5.41, 5.74) is 3.13. The largest absolute Gasteiger partial charge is 0.352 e. The smallest absolute Gasteiger partial charge is 0.296 e. The van der Waals surface area contributed by atoms with E-state index in [-0.39, 0.29) is 0 Å². The lowest BCUT2D eigenvalue weighted by Gasteiger charge is -2.08. The Morgan fingerprint density at radius 1 is 1.19 bits per heavy atom. The number of fused-ring (bicyclic) bond motifs is 1. The van der Waals surface area contributed by atoms with Crippen LogP contribution in [-0.4, -0.2) is 21.8 Å². The van der Waals surface area contributed by atoms with Crippen molar-refractivity contribution in [2.45, 2.75) is 6.54 Å². The van der Waals surface area contributed by atoms with Crippen molar-refractivity contribution in [2.24, 2.45) is 4.99 Å². The normalized spacial score (nSPS) is 15.1. The van der Waals surface area contributed by atoms with Crippen LogP contribution in [0.2, 0.25) is 5.02 Å². The van der Waals surface area contributed by atoms with Crippen molar-refractivity contribution >= 4 is 40.6 Å². The minimum atomic E-state index is -0.407. The van der Waals surface area contributed by atoms with Crippen LogP contribution in [0.3, 0.4) is 0 Å². The Labute approximate surface area is 158 Å². The summed E-state index contributed by atoms with van der Waals surface area (Å²) in [7, 11) is 0. The number of aliphatic imine (C=N–C) groups is 1. The van der Waals surface area contributed by atoms with E-state index in [4.69, 9.17) is 11.6 Å². The number of amides is 1. The Bertz CT molecular complexity index is 1110. The molecule has 2 aromatic heterocycles. The molecule has 4 rings (SSSR count). The van der Waals surface area contributed by atoms with Gasteiger partial charge in [0.1, 0.15) is 11.5 Å². The summed E-state index contributed by atoms with van der Waals surface area (Å²) < 4.78 is 13.1. The summed E-state index contributed by atoms with van der Waals surface area (Å²) in [6, 6.07) is 11.4. The van der Waals surface area contributed by atoms with Gasteiger partial charge in [0.25, 0.3) is 5.91 Å². The van der Waals surface area contributed by atoms with E-state index in [1.165, 1.54) is 12.1 Å². The quantitative estimate of drug-likeness (QED) is 0.682. The fraction of sp³-hybridized carbons (Fsp3) is 0.0526. The molecule has 0 saturated heterocycles. The third-order valence-corrected chi connectivity index (χ3v) is 4.28. The molecule has 0 spiro atoms. The molecular weight excluding hydrogens is 369 g/mol. The van der Waals surface area contributed by atoms with E-state index in [2.05, 4.69) is 25.6 Å². The lowest BCUT2D eigenvalue weighted by Crippen LogP contribution is -2.32. The Kier molecular flexibility index (Phi) is 4.52. The number of aromatic nitrogens is 2. The number of nitrogens with zero attached hydrogens (tertiary/aromatic N) is 3. The van der Waals surface area contributed by atoms with Gasteiger partial charge in [-0.05, 0) is 48.0 Å². The zero-order valence-electron chi connectivity index (χ0n) is 13.9. The highest BCUT2D eigenvalue weighted by atomic mass is 35.5. The third-order valence-electron chi connectivity index (χ3n) is 3.93. The van der Waals surface area contributed by atoms with Crippen LogP contribution in [0.15, 0.2) is 59.4 Å². The van der Waals surface area contributed by atoms with Crippen LogP contribution in [0.1, 0.15) is 11.3 Å². The maximum absolute atomic E-state index is 13.1. The van der Waals surface area contributed by atoms with Crippen molar-refractivity contribution in [1.82, 2.24) is 20.6 Å². The van der Waals surface area contributed by atoms with E-state index in [0.717, 1.165) is 11.0 Å². The molecule has 134 valence electrons. The number of hydrogen-bond donors (Lipinski definition) is 2. The van der Waals surface area contributed by atoms with Crippen LogP contribution in [0, 0.1) is 5.82 Å². The second-order valence-corrected chi connectivity index (χ2v) is 6.22. The van der Waals surface area contributed by atoms with Gasteiger partial charge < -0.3 is 10.6 Å². The van der Waals surface area contributed by atoms with Crippen LogP contribution in [0.25, 0.3) is 17.1 Å². The van der Waals surface area contributed by atoms with E-state index in [1.54, 1.807) is 30.5 Å². The molecule has 2 N–H and O–H groups in total. The van der Waals surface area contributed by atoms with Crippen LogP contribution >= 0.6 is 11.6 Å². The number of nitrogens with one attached hydrogen (secondary N) is 2. The van der Waals surface area contributed by atoms with Crippen molar-refractivity contribution in [3.05, 3.63) is 76.5 Å². The maximum Gasteiger partial charge on any atom is 0.296 e. The first kappa shape index (κ1) is 17.1. The standard InChI is InChI=1S/C19H13ClFN5O/c20-14-8-12(21)4-3-11(14)10-23-19-25-17(18(27)26-19)9-13-5-6-15-16(24-13)2-1-7-22-15/h1-9H,10H2,(H2,23,25,26,27). The average molecular weight is 382 g/mol. The lowest BCUT2D eigenvalue weighted by atomic mass is 10.2. The van der Waals surface area contributed by atoms with Gasteiger partial charge in [0.2, 0.25) is 5.96 Å². The topological polar surface area (TPSA) is 79.3 Å². The van der Waals surface area contributed by atoms with Crippen LogP contribution in [0.5, 0.6) is 0 Å². The molecule has 3 aromatic rings. The Morgan fingerprint density at radius 2 is 2.07 bits per heavy atom.